The lowest BCUT2D eigenvalue weighted by molar-refractivity contribution is -0.142. The fourth-order valence-electron chi connectivity index (χ4n) is 2.94. The van der Waals surface area contributed by atoms with Gasteiger partial charge in [0.15, 0.2) is 6.04 Å². The van der Waals surface area contributed by atoms with Crippen LogP contribution in [0.2, 0.25) is 0 Å². The number of carbonyl (C=O) groups excluding carboxylic acids is 1. The number of hydrogen-bond donors (Lipinski definition) is 2. The largest absolute Gasteiger partial charge is 0.479 e. The second-order valence-corrected chi connectivity index (χ2v) is 5.94. The molecular weight excluding hydrogens is 326 g/mol. The van der Waals surface area contributed by atoms with Crippen molar-refractivity contribution in [3.05, 3.63) is 108 Å². The van der Waals surface area contributed by atoms with Crippen LogP contribution in [0.1, 0.15) is 28.7 Å². The number of hydrogen-bond acceptors (Lipinski definition) is 2. The summed E-state index contributed by atoms with van der Waals surface area (Å²) in [5, 5.41) is 12.3. The molecule has 0 aliphatic heterocycles. The minimum absolute atomic E-state index is 0.348. The number of carboxylic acid groups (broad SMARTS) is 1. The van der Waals surface area contributed by atoms with Crippen molar-refractivity contribution in [3.8, 4) is 0 Å². The van der Waals surface area contributed by atoms with Gasteiger partial charge in [-0.05, 0) is 16.7 Å². The van der Waals surface area contributed by atoms with Gasteiger partial charge in [-0.25, -0.2) is 4.79 Å². The van der Waals surface area contributed by atoms with E-state index in [2.05, 4.69) is 5.32 Å². The number of amides is 1. The lowest BCUT2D eigenvalue weighted by Crippen LogP contribution is -2.37. The zero-order valence-corrected chi connectivity index (χ0v) is 14.1. The molecule has 4 nitrogen and oxygen atoms in total. The third-order valence-corrected chi connectivity index (χ3v) is 4.19. The number of aliphatic carboxylic acids is 1. The van der Waals surface area contributed by atoms with E-state index < -0.39 is 17.9 Å². The zero-order chi connectivity index (χ0) is 18.4. The molecule has 0 aliphatic rings. The first-order chi connectivity index (χ1) is 12.7. The van der Waals surface area contributed by atoms with E-state index in [4.69, 9.17) is 0 Å². The molecule has 4 heteroatoms. The highest BCUT2D eigenvalue weighted by Crippen LogP contribution is 2.26. The number of benzene rings is 3. The van der Waals surface area contributed by atoms with Crippen molar-refractivity contribution in [1.29, 1.82) is 0 Å². The standard InChI is InChI=1S/C22H19NO3/c24-21(23-20(22(25)26)18-14-8-3-9-15-18)19(16-10-4-1-5-11-16)17-12-6-2-7-13-17/h1-15,19-20H,(H,23,24)(H,25,26)/t20-/m0/s1. The number of carbonyl (C=O) groups is 2. The summed E-state index contributed by atoms with van der Waals surface area (Å²) >= 11 is 0. The average Bonchev–Trinajstić information content (AvgIpc) is 2.68. The van der Waals surface area contributed by atoms with Crippen LogP contribution in [0, 0.1) is 0 Å². The third-order valence-electron chi connectivity index (χ3n) is 4.19. The van der Waals surface area contributed by atoms with E-state index in [0.29, 0.717) is 5.56 Å². The first-order valence-electron chi connectivity index (χ1n) is 8.35. The fraction of sp³-hybridized carbons (Fsp3) is 0.0909. The van der Waals surface area contributed by atoms with Crippen LogP contribution in [-0.2, 0) is 9.59 Å². The molecule has 1 atom stereocenters. The molecule has 0 spiro atoms. The van der Waals surface area contributed by atoms with Crippen molar-refractivity contribution >= 4 is 11.9 Å². The van der Waals surface area contributed by atoms with E-state index >= 15 is 0 Å². The van der Waals surface area contributed by atoms with Gasteiger partial charge in [0.25, 0.3) is 0 Å². The maximum absolute atomic E-state index is 13.1. The van der Waals surface area contributed by atoms with Crippen LogP contribution in [0.5, 0.6) is 0 Å². The van der Waals surface area contributed by atoms with Gasteiger partial charge >= 0.3 is 5.97 Å². The Bertz CT molecular complexity index is 824. The Morgan fingerprint density at radius 1 is 0.654 bits per heavy atom. The van der Waals surface area contributed by atoms with Crippen molar-refractivity contribution in [1.82, 2.24) is 5.32 Å². The Morgan fingerprint density at radius 3 is 1.42 bits per heavy atom. The summed E-state index contributed by atoms with van der Waals surface area (Å²) in [7, 11) is 0. The van der Waals surface area contributed by atoms with Gasteiger partial charge in [-0.3, -0.25) is 4.79 Å². The van der Waals surface area contributed by atoms with Crippen molar-refractivity contribution in [2.24, 2.45) is 0 Å². The molecule has 130 valence electrons. The van der Waals surface area contributed by atoms with Crippen molar-refractivity contribution in [2.45, 2.75) is 12.0 Å². The van der Waals surface area contributed by atoms with Crippen LogP contribution in [0.15, 0.2) is 91.0 Å². The summed E-state index contributed by atoms with van der Waals surface area (Å²) in [5.41, 5.74) is 2.16. The fourth-order valence-corrected chi connectivity index (χ4v) is 2.94. The maximum Gasteiger partial charge on any atom is 0.330 e. The highest BCUT2D eigenvalue weighted by atomic mass is 16.4. The average molecular weight is 345 g/mol. The Kier molecular flexibility index (Phi) is 5.44. The first kappa shape index (κ1) is 17.4. The molecule has 3 aromatic rings. The van der Waals surface area contributed by atoms with Crippen molar-refractivity contribution in [2.75, 3.05) is 0 Å². The van der Waals surface area contributed by atoms with Gasteiger partial charge < -0.3 is 10.4 Å². The molecule has 0 heterocycles. The van der Waals surface area contributed by atoms with Crippen LogP contribution in [-0.4, -0.2) is 17.0 Å². The molecule has 0 radical (unpaired) electrons. The molecular formula is C22H19NO3. The molecule has 2 N–H and O–H groups in total. The Hall–Kier alpha value is -3.40. The third kappa shape index (κ3) is 3.98. The quantitative estimate of drug-likeness (QED) is 0.715. The summed E-state index contributed by atoms with van der Waals surface area (Å²) in [6.07, 6.45) is 0. The Balaban J connectivity index is 1.94. The van der Waals surface area contributed by atoms with Crippen molar-refractivity contribution in [3.63, 3.8) is 0 Å². The number of carboxylic acids is 1. The van der Waals surface area contributed by atoms with Crippen LogP contribution in [0.4, 0.5) is 0 Å². The molecule has 3 aromatic carbocycles. The Labute approximate surface area is 152 Å². The van der Waals surface area contributed by atoms with Crippen molar-refractivity contribution < 1.29 is 14.7 Å². The molecule has 3 rings (SSSR count). The van der Waals surface area contributed by atoms with Gasteiger partial charge in [0, 0.05) is 0 Å². The van der Waals surface area contributed by atoms with Crippen LogP contribution >= 0.6 is 0 Å². The second-order valence-electron chi connectivity index (χ2n) is 5.94. The van der Waals surface area contributed by atoms with Crippen LogP contribution < -0.4 is 5.32 Å². The predicted octanol–water partition coefficient (Wildman–Crippen LogP) is 3.76. The first-order valence-corrected chi connectivity index (χ1v) is 8.35. The molecule has 0 saturated carbocycles. The van der Waals surface area contributed by atoms with Crippen LogP contribution in [0.25, 0.3) is 0 Å². The summed E-state index contributed by atoms with van der Waals surface area (Å²) in [6, 6.07) is 26.3. The normalized spacial score (nSPS) is 11.7. The second kappa shape index (κ2) is 8.12. The number of nitrogens with one attached hydrogen (secondary N) is 1. The molecule has 0 aromatic heterocycles. The summed E-state index contributed by atoms with van der Waals surface area (Å²) in [6.45, 7) is 0. The number of rotatable bonds is 6. The molecule has 0 aliphatic carbocycles. The van der Waals surface area contributed by atoms with Gasteiger partial charge in [0.2, 0.25) is 5.91 Å². The minimum Gasteiger partial charge on any atom is -0.479 e. The van der Waals surface area contributed by atoms with Gasteiger partial charge in [-0.15, -0.1) is 0 Å². The summed E-state index contributed by atoms with van der Waals surface area (Å²) in [5.74, 6) is -2.02. The van der Waals surface area contributed by atoms with E-state index in [1.807, 2.05) is 60.7 Å². The van der Waals surface area contributed by atoms with E-state index in [9.17, 15) is 14.7 Å². The molecule has 26 heavy (non-hydrogen) atoms. The zero-order valence-electron chi connectivity index (χ0n) is 14.1. The maximum atomic E-state index is 13.1. The van der Waals surface area contributed by atoms with Gasteiger partial charge in [-0.2, -0.15) is 0 Å². The van der Waals surface area contributed by atoms with E-state index in [-0.39, 0.29) is 5.91 Å². The highest BCUT2D eigenvalue weighted by Gasteiger charge is 2.28. The van der Waals surface area contributed by atoms with E-state index in [1.165, 1.54) is 0 Å². The smallest absolute Gasteiger partial charge is 0.330 e. The molecule has 0 bridgehead atoms. The van der Waals surface area contributed by atoms with Gasteiger partial charge in [-0.1, -0.05) is 91.0 Å². The Morgan fingerprint density at radius 2 is 1.04 bits per heavy atom. The van der Waals surface area contributed by atoms with E-state index in [0.717, 1.165) is 11.1 Å². The SMILES string of the molecule is O=C(N[C@H](C(=O)O)c1ccccc1)C(c1ccccc1)c1ccccc1. The summed E-state index contributed by atoms with van der Waals surface area (Å²) in [4.78, 5) is 24.8. The topological polar surface area (TPSA) is 66.4 Å². The van der Waals surface area contributed by atoms with Gasteiger partial charge in [0.1, 0.15) is 0 Å². The molecule has 1 amide bonds. The monoisotopic (exact) mass is 345 g/mol. The molecule has 0 fully saturated rings. The predicted molar refractivity (Wildman–Crippen MR) is 99.7 cm³/mol. The van der Waals surface area contributed by atoms with Gasteiger partial charge in [0.05, 0.1) is 5.92 Å². The lowest BCUT2D eigenvalue weighted by atomic mass is 9.90. The van der Waals surface area contributed by atoms with E-state index in [1.54, 1.807) is 30.3 Å². The summed E-state index contributed by atoms with van der Waals surface area (Å²) < 4.78 is 0. The lowest BCUT2D eigenvalue weighted by Gasteiger charge is -2.21. The highest BCUT2D eigenvalue weighted by molar-refractivity contribution is 5.91. The van der Waals surface area contributed by atoms with Crippen LogP contribution in [0.3, 0.4) is 0 Å². The molecule has 0 unspecified atom stereocenters. The minimum atomic E-state index is -1.10. The molecule has 0 saturated heterocycles.